The van der Waals surface area contributed by atoms with Crippen molar-refractivity contribution in [2.24, 2.45) is 17.6 Å². The maximum Gasteiger partial charge on any atom is 0.307 e. The van der Waals surface area contributed by atoms with E-state index >= 15 is 0 Å². The zero-order valence-electron chi connectivity index (χ0n) is 12.9. The number of methoxy groups -OCH3 is 1. The Morgan fingerprint density at radius 2 is 2.05 bits per heavy atom. The number of carbonyl (C=O) groups excluding carboxylic acids is 2. The molecular formula is C15H28N2O3. The third-order valence-corrected chi connectivity index (χ3v) is 3.93. The van der Waals surface area contributed by atoms with E-state index in [0.29, 0.717) is 18.9 Å². The summed E-state index contributed by atoms with van der Waals surface area (Å²) >= 11 is 0. The largest absolute Gasteiger partial charge is 0.469 e. The minimum absolute atomic E-state index is 0.0232. The third-order valence-electron chi connectivity index (χ3n) is 3.93. The maximum atomic E-state index is 12.6. The van der Waals surface area contributed by atoms with Gasteiger partial charge in [-0.05, 0) is 31.6 Å². The minimum atomic E-state index is -0.247. The van der Waals surface area contributed by atoms with Gasteiger partial charge in [-0.1, -0.05) is 13.8 Å². The van der Waals surface area contributed by atoms with E-state index in [2.05, 4.69) is 13.8 Å². The zero-order valence-corrected chi connectivity index (χ0v) is 12.9. The van der Waals surface area contributed by atoms with Crippen molar-refractivity contribution < 1.29 is 14.3 Å². The lowest BCUT2D eigenvalue weighted by atomic mass is 9.92. The lowest BCUT2D eigenvalue weighted by molar-refractivity contribution is -0.146. The molecule has 0 aromatic heterocycles. The fourth-order valence-electron chi connectivity index (χ4n) is 2.88. The van der Waals surface area contributed by atoms with E-state index in [1.54, 1.807) is 0 Å². The first kappa shape index (κ1) is 17.0. The normalized spacial score (nSPS) is 20.9. The average Bonchev–Trinajstić information content (AvgIpc) is 2.44. The highest BCUT2D eigenvalue weighted by molar-refractivity contribution is 5.80. The summed E-state index contributed by atoms with van der Waals surface area (Å²) in [7, 11) is 1.39. The monoisotopic (exact) mass is 284 g/mol. The molecule has 0 aromatic rings. The highest BCUT2D eigenvalue weighted by atomic mass is 16.5. The summed E-state index contributed by atoms with van der Waals surface area (Å²) in [5, 5.41) is 0. The first-order chi connectivity index (χ1) is 9.49. The van der Waals surface area contributed by atoms with E-state index in [9.17, 15) is 9.59 Å². The van der Waals surface area contributed by atoms with Gasteiger partial charge in [0.15, 0.2) is 0 Å². The lowest BCUT2D eigenvalue weighted by Gasteiger charge is -2.37. The SMILES string of the molecule is COC(=O)CC1CCCCN1C(=O)C(CN)CC(C)C. The van der Waals surface area contributed by atoms with Gasteiger partial charge in [-0.3, -0.25) is 9.59 Å². The van der Waals surface area contributed by atoms with E-state index in [4.69, 9.17) is 10.5 Å². The molecule has 0 saturated carbocycles. The molecule has 1 aliphatic heterocycles. The van der Waals surface area contributed by atoms with Gasteiger partial charge in [-0.15, -0.1) is 0 Å². The number of hydrogen-bond donors (Lipinski definition) is 1. The van der Waals surface area contributed by atoms with Crippen molar-refractivity contribution in [1.82, 2.24) is 4.90 Å². The van der Waals surface area contributed by atoms with Gasteiger partial charge in [-0.25, -0.2) is 0 Å². The molecule has 1 amide bonds. The summed E-state index contributed by atoms with van der Waals surface area (Å²) in [6, 6.07) is -0.0232. The Labute approximate surface area is 121 Å². The van der Waals surface area contributed by atoms with Crippen LogP contribution in [0, 0.1) is 11.8 Å². The number of likely N-dealkylation sites (tertiary alicyclic amines) is 1. The summed E-state index contributed by atoms with van der Waals surface area (Å²) in [6.45, 7) is 5.30. The highest BCUT2D eigenvalue weighted by Gasteiger charge is 2.32. The number of ether oxygens (including phenoxy) is 1. The Morgan fingerprint density at radius 3 is 2.60 bits per heavy atom. The minimum Gasteiger partial charge on any atom is -0.469 e. The van der Waals surface area contributed by atoms with Gasteiger partial charge in [-0.2, -0.15) is 0 Å². The van der Waals surface area contributed by atoms with Crippen LogP contribution >= 0.6 is 0 Å². The Balaban J connectivity index is 2.72. The molecule has 2 N–H and O–H groups in total. The fourth-order valence-corrected chi connectivity index (χ4v) is 2.88. The predicted molar refractivity (Wildman–Crippen MR) is 78.0 cm³/mol. The highest BCUT2D eigenvalue weighted by Crippen LogP contribution is 2.24. The Morgan fingerprint density at radius 1 is 1.35 bits per heavy atom. The molecule has 0 aliphatic carbocycles. The van der Waals surface area contributed by atoms with Crippen molar-refractivity contribution in [2.45, 2.75) is 52.0 Å². The summed E-state index contributed by atoms with van der Waals surface area (Å²) in [6.07, 6.45) is 4.03. The molecule has 1 fully saturated rings. The summed E-state index contributed by atoms with van der Waals surface area (Å²) in [4.78, 5) is 26.0. The van der Waals surface area contributed by atoms with Gasteiger partial charge in [0.05, 0.1) is 19.4 Å². The van der Waals surface area contributed by atoms with Crippen LogP contribution in [0.25, 0.3) is 0 Å². The van der Waals surface area contributed by atoms with Crippen LogP contribution in [0.5, 0.6) is 0 Å². The van der Waals surface area contributed by atoms with Crippen LogP contribution < -0.4 is 5.73 Å². The van der Waals surface area contributed by atoms with E-state index in [1.807, 2.05) is 4.90 Å². The van der Waals surface area contributed by atoms with Crippen LogP contribution in [0.15, 0.2) is 0 Å². The van der Waals surface area contributed by atoms with Crippen LogP contribution in [-0.4, -0.2) is 43.0 Å². The molecule has 2 unspecified atom stereocenters. The average molecular weight is 284 g/mol. The van der Waals surface area contributed by atoms with Crippen LogP contribution in [0.3, 0.4) is 0 Å². The number of rotatable bonds is 6. The second kappa shape index (κ2) is 8.25. The second-order valence-corrected chi connectivity index (χ2v) is 6.02. The number of amides is 1. The number of esters is 1. The number of piperidine rings is 1. The molecule has 5 nitrogen and oxygen atoms in total. The molecule has 0 bridgehead atoms. The van der Waals surface area contributed by atoms with E-state index in [1.165, 1.54) is 7.11 Å². The molecule has 116 valence electrons. The Bertz CT molecular complexity index is 331. The zero-order chi connectivity index (χ0) is 15.1. The fraction of sp³-hybridized carbons (Fsp3) is 0.867. The smallest absolute Gasteiger partial charge is 0.307 e. The van der Waals surface area contributed by atoms with Gasteiger partial charge in [0, 0.05) is 19.1 Å². The van der Waals surface area contributed by atoms with Crippen molar-refractivity contribution in [3.8, 4) is 0 Å². The van der Waals surface area contributed by atoms with E-state index < -0.39 is 0 Å². The van der Waals surface area contributed by atoms with Gasteiger partial charge >= 0.3 is 5.97 Å². The molecule has 1 aliphatic rings. The summed E-state index contributed by atoms with van der Waals surface area (Å²) in [5.74, 6) is 0.169. The van der Waals surface area contributed by atoms with Gasteiger partial charge < -0.3 is 15.4 Å². The number of nitrogens with zero attached hydrogens (tertiary/aromatic N) is 1. The first-order valence-electron chi connectivity index (χ1n) is 7.57. The van der Waals surface area contributed by atoms with Crippen LogP contribution in [-0.2, 0) is 14.3 Å². The predicted octanol–water partition coefficient (Wildman–Crippen LogP) is 1.55. The molecular weight excluding hydrogens is 256 g/mol. The lowest BCUT2D eigenvalue weighted by Crippen LogP contribution is -2.48. The van der Waals surface area contributed by atoms with Gasteiger partial charge in [0.2, 0.25) is 5.91 Å². The summed E-state index contributed by atoms with van der Waals surface area (Å²) < 4.78 is 4.73. The quantitative estimate of drug-likeness (QED) is 0.751. The number of carbonyl (C=O) groups is 2. The van der Waals surface area contributed by atoms with Gasteiger partial charge in [0.25, 0.3) is 0 Å². The van der Waals surface area contributed by atoms with Crippen molar-refractivity contribution in [2.75, 3.05) is 20.2 Å². The van der Waals surface area contributed by atoms with E-state index in [-0.39, 0.29) is 23.8 Å². The molecule has 2 atom stereocenters. The molecule has 0 aromatic carbocycles. The summed E-state index contributed by atoms with van der Waals surface area (Å²) in [5.41, 5.74) is 5.76. The maximum absolute atomic E-state index is 12.6. The molecule has 0 spiro atoms. The molecule has 5 heteroatoms. The van der Waals surface area contributed by atoms with Crippen molar-refractivity contribution in [3.63, 3.8) is 0 Å². The molecule has 1 saturated heterocycles. The molecule has 1 rings (SSSR count). The number of hydrogen-bond acceptors (Lipinski definition) is 4. The van der Waals surface area contributed by atoms with Crippen LogP contribution in [0.1, 0.15) is 46.0 Å². The van der Waals surface area contributed by atoms with Gasteiger partial charge in [0.1, 0.15) is 0 Å². The van der Waals surface area contributed by atoms with Crippen molar-refractivity contribution in [1.29, 1.82) is 0 Å². The second-order valence-electron chi connectivity index (χ2n) is 6.02. The molecule has 20 heavy (non-hydrogen) atoms. The Hall–Kier alpha value is -1.10. The standard InChI is InChI=1S/C15H28N2O3/c1-11(2)8-12(10-16)15(19)17-7-5-4-6-13(17)9-14(18)20-3/h11-13H,4-10,16H2,1-3H3. The van der Waals surface area contributed by atoms with Crippen molar-refractivity contribution in [3.05, 3.63) is 0 Å². The molecule has 1 heterocycles. The topological polar surface area (TPSA) is 72.6 Å². The van der Waals surface area contributed by atoms with Crippen LogP contribution in [0.4, 0.5) is 0 Å². The van der Waals surface area contributed by atoms with Crippen LogP contribution in [0.2, 0.25) is 0 Å². The third kappa shape index (κ3) is 4.78. The van der Waals surface area contributed by atoms with Crippen molar-refractivity contribution >= 4 is 11.9 Å². The van der Waals surface area contributed by atoms with E-state index in [0.717, 1.165) is 32.2 Å². The number of nitrogens with two attached hydrogens (primary N) is 1. The Kier molecular flexibility index (Phi) is 6.99. The molecule has 0 radical (unpaired) electrons. The first-order valence-corrected chi connectivity index (χ1v) is 7.57.